The molecule has 0 spiro atoms. The van der Waals surface area contributed by atoms with Crippen LogP contribution in [0.15, 0.2) is 29.2 Å². The molecule has 0 fully saturated rings. The smallest absolute Gasteiger partial charge is 0.281 e. The highest BCUT2D eigenvalue weighted by Crippen LogP contribution is 2.34. The molecule has 3 rings (SSSR count). The lowest BCUT2D eigenvalue weighted by Crippen LogP contribution is -2.43. The van der Waals surface area contributed by atoms with Crippen LogP contribution < -0.4 is 22.1 Å². The number of hydrogen-bond acceptors (Lipinski definition) is 6. The van der Waals surface area contributed by atoms with E-state index in [-0.39, 0.29) is 10.4 Å². The van der Waals surface area contributed by atoms with Gasteiger partial charge in [0.25, 0.3) is 17.4 Å². The Kier molecular flexibility index (Phi) is 4.24. The van der Waals surface area contributed by atoms with E-state index >= 15 is 0 Å². The fourth-order valence-electron chi connectivity index (χ4n) is 2.48. The number of nitrogens with two attached hydrogens (primary N) is 1. The number of aromatic nitrogens is 2. The van der Waals surface area contributed by atoms with Gasteiger partial charge < -0.3 is 10.7 Å². The molecule has 25 heavy (non-hydrogen) atoms. The van der Waals surface area contributed by atoms with Gasteiger partial charge in [-0.3, -0.25) is 25.2 Å². The third-order valence-electron chi connectivity index (χ3n) is 3.58. The molecule has 5 N–H and O–H groups in total. The number of amides is 2. The lowest BCUT2D eigenvalue weighted by molar-refractivity contribution is 0.0848. The van der Waals surface area contributed by atoms with E-state index in [1.54, 1.807) is 0 Å². The molecule has 8 nitrogen and oxygen atoms in total. The van der Waals surface area contributed by atoms with Crippen LogP contribution in [-0.4, -0.2) is 21.8 Å². The summed E-state index contributed by atoms with van der Waals surface area (Å²) < 4.78 is 0. The molecule has 0 radical (unpaired) electrons. The number of rotatable bonds is 2. The molecular weight excluding hydrogens is 342 g/mol. The lowest BCUT2D eigenvalue weighted by Gasteiger charge is -2.06. The summed E-state index contributed by atoms with van der Waals surface area (Å²) in [7, 11) is 0. The zero-order chi connectivity index (χ0) is 18.1. The zero-order valence-electron chi connectivity index (χ0n) is 13.5. The first-order valence-electron chi connectivity index (χ1n) is 7.33. The van der Waals surface area contributed by atoms with Gasteiger partial charge in [-0.25, -0.2) is 4.98 Å². The first kappa shape index (κ1) is 16.7. The molecular formula is C16H15N5O3S. The molecule has 0 aliphatic rings. The van der Waals surface area contributed by atoms with Gasteiger partial charge in [-0.15, -0.1) is 11.3 Å². The number of aryl methyl sites for hydroxylation is 2. The minimum absolute atomic E-state index is 0.111. The van der Waals surface area contributed by atoms with Crippen LogP contribution in [0, 0.1) is 13.8 Å². The van der Waals surface area contributed by atoms with E-state index in [0.29, 0.717) is 10.5 Å². The number of aromatic amines is 1. The van der Waals surface area contributed by atoms with Crippen LogP contribution in [0.2, 0.25) is 0 Å². The molecule has 0 atom stereocenters. The number of hydrogen-bond donors (Lipinski definition) is 4. The molecule has 2 amide bonds. The zero-order valence-corrected chi connectivity index (χ0v) is 14.3. The monoisotopic (exact) mass is 357 g/mol. The second kappa shape index (κ2) is 6.36. The average molecular weight is 357 g/mol. The Morgan fingerprint density at radius 1 is 1.24 bits per heavy atom. The molecule has 3 heterocycles. The van der Waals surface area contributed by atoms with E-state index in [4.69, 9.17) is 5.73 Å². The summed E-state index contributed by atoms with van der Waals surface area (Å²) >= 11 is 1.14. The van der Waals surface area contributed by atoms with Crippen molar-refractivity contribution in [3.63, 3.8) is 0 Å². The van der Waals surface area contributed by atoms with E-state index in [1.165, 1.54) is 18.3 Å². The highest BCUT2D eigenvalue weighted by atomic mass is 32.1. The maximum absolute atomic E-state index is 12.3. The first-order valence-corrected chi connectivity index (χ1v) is 8.14. The van der Waals surface area contributed by atoms with E-state index < -0.39 is 17.4 Å². The predicted octanol–water partition coefficient (Wildman–Crippen LogP) is 1.26. The number of nitrogens with one attached hydrogen (secondary N) is 3. The number of thiophene rings is 1. The van der Waals surface area contributed by atoms with Crippen LogP contribution in [0.3, 0.4) is 0 Å². The number of carbonyl (C=O) groups is 2. The van der Waals surface area contributed by atoms with Gasteiger partial charge in [0, 0.05) is 17.3 Å². The van der Waals surface area contributed by atoms with Crippen LogP contribution in [0.25, 0.3) is 10.2 Å². The maximum Gasteiger partial charge on any atom is 0.281 e. The molecule has 0 aliphatic heterocycles. The van der Waals surface area contributed by atoms with Crippen LogP contribution in [-0.2, 0) is 0 Å². The Morgan fingerprint density at radius 3 is 2.68 bits per heavy atom. The number of anilines is 1. The van der Waals surface area contributed by atoms with E-state index in [2.05, 4.69) is 20.8 Å². The van der Waals surface area contributed by atoms with Gasteiger partial charge >= 0.3 is 0 Å². The Labute approximate surface area is 146 Å². The molecule has 0 aromatic carbocycles. The summed E-state index contributed by atoms with van der Waals surface area (Å²) in [5.41, 5.74) is 12.0. The Hall–Kier alpha value is -3.20. The van der Waals surface area contributed by atoms with Crippen molar-refractivity contribution in [1.29, 1.82) is 0 Å². The Balaban J connectivity index is 1.82. The van der Waals surface area contributed by atoms with Crippen LogP contribution in [0.5, 0.6) is 0 Å². The molecule has 3 aromatic rings. The van der Waals surface area contributed by atoms with Gasteiger partial charge in [0.05, 0.1) is 5.69 Å². The number of hydrazine groups is 1. The van der Waals surface area contributed by atoms with Crippen molar-refractivity contribution in [1.82, 2.24) is 20.8 Å². The average Bonchev–Trinajstić information content (AvgIpc) is 2.89. The van der Waals surface area contributed by atoms with Gasteiger partial charge in [0.1, 0.15) is 15.3 Å². The molecule has 0 unspecified atom stereocenters. The number of fused-ring (bicyclic) bond motifs is 1. The summed E-state index contributed by atoms with van der Waals surface area (Å²) in [6, 6.07) is 4.75. The van der Waals surface area contributed by atoms with Crippen molar-refractivity contribution < 1.29 is 9.59 Å². The van der Waals surface area contributed by atoms with E-state index in [1.807, 2.05) is 19.9 Å². The minimum atomic E-state index is -0.722. The Bertz CT molecular complexity index is 1050. The van der Waals surface area contributed by atoms with Crippen molar-refractivity contribution in [3.05, 3.63) is 56.4 Å². The molecule has 9 heteroatoms. The number of H-pyrrole nitrogens is 1. The SMILES string of the molecule is Cc1cc(C)c2c(N)c(C(=O)NNC(=O)c3ccc[nH]c3=O)sc2n1. The van der Waals surface area contributed by atoms with Crippen molar-refractivity contribution in [3.8, 4) is 0 Å². The fraction of sp³-hybridized carbons (Fsp3) is 0.125. The van der Waals surface area contributed by atoms with Crippen LogP contribution in [0.1, 0.15) is 31.3 Å². The third-order valence-corrected chi connectivity index (χ3v) is 4.68. The molecule has 3 aromatic heterocycles. The maximum atomic E-state index is 12.3. The second-order valence-corrected chi connectivity index (χ2v) is 6.43. The standard InChI is InChI=1S/C16H15N5O3S/c1-7-6-8(2)19-16-10(7)11(17)12(25-16)15(24)21-20-14(23)9-4-3-5-18-13(9)22/h3-6H,17H2,1-2H3,(H,18,22)(H,20,23)(H,21,24). The number of nitrogens with zero attached hydrogens (tertiary/aromatic N) is 1. The largest absolute Gasteiger partial charge is 0.397 e. The lowest BCUT2D eigenvalue weighted by atomic mass is 10.1. The summed E-state index contributed by atoms with van der Waals surface area (Å²) in [5, 5.41) is 0.728. The normalized spacial score (nSPS) is 10.6. The van der Waals surface area contributed by atoms with E-state index in [9.17, 15) is 14.4 Å². The van der Waals surface area contributed by atoms with E-state index in [0.717, 1.165) is 28.0 Å². The quantitative estimate of drug-likeness (QED) is 0.513. The summed E-state index contributed by atoms with van der Waals surface area (Å²) in [4.78, 5) is 43.5. The topological polar surface area (TPSA) is 130 Å². The highest BCUT2D eigenvalue weighted by molar-refractivity contribution is 7.21. The van der Waals surface area contributed by atoms with Gasteiger partial charge in [0.2, 0.25) is 0 Å². The van der Waals surface area contributed by atoms with Gasteiger partial charge in [-0.1, -0.05) is 0 Å². The molecule has 0 aliphatic carbocycles. The van der Waals surface area contributed by atoms with Gasteiger partial charge in [0.15, 0.2) is 0 Å². The van der Waals surface area contributed by atoms with Gasteiger partial charge in [-0.05, 0) is 37.6 Å². The predicted molar refractivity (Wildman–Crippen MR) is 95.5 cm³/mol. The summed E-state index contributed by atoms with van der Waals surface area (Å²) in [6.45, 7) is 3.75. The van der Waals surface area contributed by atoms with Crippen LogP contribution in [0.4, 0.5) is 5.69 Å². The van der Waals surface area contributed by atoms with Crippen molar-refractivity contribution in [2.75, 3.05) is 5.73 Å². The molecule has 0 bridgehead atoms. The second-order valence-electron chi connectivity index (χ2n) is 5.43. The Morgan fingerprint density at radius 2 is 1.96 bits per heavy atom. The number of nitrogen functional groups attached to an aromatic ring is 1. The van der Waals surface area contributed by atoms with Crippen molar-refractivity contribution in [2.24, 2.45) is 0 Å². The fourth-order valence-corrected chi connectivity index (χ4v) is 3.59. The summed E-state index contributed by atoms with van der Waals surface area (Å²) in [6.07, 6.45) is 1.41. The highest BCUT2D eigenvalue weighted by Gasteiger charge is 2.20. The summed E-state index contributed by atoms with van der Waals surface area (Å²) in [5.74, 6) is -1.29. The van der Waals surface area contributed by atoms with Crippen LogP contribution >= 0.6 is 11.3 Å². The number of carbonyl (C=O) groups excluding carboxylic acids is 2. The molecule has 0 saturated heterocycles. The third kappa shape index (κ3) is 3.09. The van der Waals surface area contributed by atoms with Gasteiger partial charge in [-0.2, -0.15) is 0 Å². The van der Waals surface area contributed by atoms with Crippen molar-refractivity contribution >= 4 is 39.1 Å². The molecule has 0 saturated carbocycles. The van der Waals surface area contributed by atoms with Crippen molar-refractivity contribution in [2.45, 2.75) is 13.8 Å². The first-order chi connectivity index (χ1) is 11.9. The number of pyridine rings is 2. The minimum Gasteiger partial charge on any atom is -0.397 e. The molecule has 128 valence electrons.